The second-order valence-electron chi connectivity index (χ2n) is 16.8. The lowest BCUT2D eigenvalue weighted by atomic mass is 9.91. The van der Waals surface area contributed by atoms with Crippen molar-refractivity contribution in [3.63, 3.8) is 0 Å². The second-order valence-corrected chi connectivity index (χ2v) is 16.8. The zero-order valence-corrected chi connectivity index (χ0v) is 38.7. The fourth-order valence-electron chi connectivity index (χ4n) is 7.80. The maximum Gasteiger partial charge on any atom is 0.306 e. The van der Waals surface area contributed by atoms with E-state index in [1.54, 1.807) is 6.08 Å². The van der Waals surface area contributed by atoms with Crippen LogP contribution in [-0.4, -0.2) is 68.1 Å². The lowest BCUT2D eigenvalue weighted by Gasteiger charge is -2.51. The van der Waals surface area contributed by atoms with E-state index in [0.717, 1.165) is 80.0 Å². The summed E-state index contributed by atoms with van der Waals surface area (Å²) in [5, 5.41) is 0. The smallest absolute Gasteiger partial charge is 0.306 e. The maximum absolute atomic E-state index is 13.4. The third-order valence-electron chi connectivity index (χ3n) is 11.4. The highest BCUT2D eigenvalue weighted by atomic mass is 16.7. The van der Waals surface area contributed by atoms with E-state index < -0.39 is 36.3 Å². The van der Waals surface area contributed by atoms with Gasteiger partial charge in [-0.2, -0.15) is 0 Å². The fraction of sp³-hybridized carbons (Fsp3) is 0.491. The summed E-state index contributed by atoms with van der Waals surface area (Å²) >= 11 is 0. The van der Waals surface area contributed by atoms with Crippen LogP contribution in [0.1, 0.15) is 113 Å². The van der Waals surface area contributed by atoms with Gasteiger partial charge in [-0.05, 0) is 41.2 Å². The first-order chi connectivity index (χ1) is 31.9. The lowest BCUT2D eigenvalue weighted by molar-refractivity contribution is -0.366. The predicted molar refractivity (Wildman–Crippen MR) is 252 cm³/mol. The molecule has 0 aromatic heterocycles. The molecule has 1 saturated heterocycles. The zero-order valence-electron chi connectivity index (χ0n) is 38.7. The van der Waals surface area contributed by atoms with Gasteiger partial charge in [0.05, 0.1) is 39.6 Å². The molecule has 0 spiro atoms. The number of hydrogen-bond donors (Lipinski definition) is 0. The van der Waals surface area contributed by atoms with Gasteiger partial charge >= 0.3 is 11.9 Å². The first kappa shape index (κ1) is 51.3. The zero-order chi connectivity index (χ0) is 45.8. The summed E-state index contributed by atoms with van der Waals surface area (Å²) in [5.41, 5.74) is 3.86. The van der Waals surface area contributed by atoms with Crippen LogP contribution >= 0.6 is 0 Å². The van der Waals surface area contributed by atoms with E-state index in [9.17, 15) is 9.59 Å². The van der Waals surface area contributed by atoms with Crippen molar-refractivity contribution in [2.45, 2.75) is 154 Å². The first-order valence-corrected chi connectivity index (χ1v) is 23.8. The molecule has 3 unspecified atom stereocenters. The van der Waals surface area contributed by atoms with Crippen LogP contribution in [0.2, 0.25) is 0 Å². The predicted octanol–water partition coefficient (Wildman–Crippen LogP) is 11.4. The van der Waals surface area contributed by atoms with Gasteiger partial charge in [0.25, 0.3) is 0 Å². The fourth-order valence-corrected chi connectivity index (χ4v) is 7.80. The van der Waals surface area contributed by atoms with Crippen molar-refractivity contribution in [1.82, 2.24) is 0 Å². The molecule has 0 amide bonds. The molecule has 1 aliphatic heterocycles. The molecule has 4 aromatic rings. The van der Waals surface area contributed by atoms with Crippen molar-refractivity contribution in [2.24, 2.45) is 0 Å². The van der Waals surface area contributed by atoms with E-state index in [1.165, 1.54) is 0 Å². The lowest BCUT2D eigenvalue weighted by Crippen LogP contribution is -2.67. The average Bonchev–Trinajstić information content (AvgIpc) is 3.34. The summed E-state index contributed by atoms with van der Waals surface area (Å²) in [5.74, 6) is -2.41. The van der Waals surface area contributed by atoms with Gasteiger partial charge in [0, 0.05) is 12.8 Å². The Bertz CT molecular complexity index is 1880. The molecule has 0 N–H and O–H groups in total. The summed E-state index contributed by atoms with van der Waals surface area (Å²) < 4.78 is 52.8. The summed E-state index contributed by atoms with van der Waals surface area (Å²) in [6.07, 6.45) is 7.83. The van der Waals surface area contributed by atoms with Gasteiger partial charge in [0.15, 0.2) is 6.10 Å². The molecule has 352 valence electrons. The van der Waals surface area contributed by atoms with Gasteiger partial charge in [0.2, 0.25) is 5.79 Å². The molecular weight excluding hydrogens is 821 g/mol. The Hall–Kier alpha value is -4.68. The Morgan fingerprint density at radius 2 is 1.05 bits per heavy atom. The highest BCUT2D eigenvalue weighted by Gasteiger charge is 2.57. The van der Waals surface area contributed by atoms with Gasteiger partial charge in [-0.15, -0.1) is 0 Å². The topological polar surface area (TPSA) is 108 Å². The van der Waals surface area contributed by atoms with Crippen LogP contribution in [0.5, 0.6) is 0 Å². The first-order valence-electron chi connectivity index (χ1n) is 23.8. The number of esters is 2. The number of carbonyl (C=O) groups excluding carboxylic acids is 2. The molecule has 0 saturated carbocycles. The molecule has 65 heavy (non-hydrogen) atoms. The highest BCUT2D eigenvalue weighted by molar-refractivity contribution is 5.70. The van der Waals surface area contributed by atoms with E-state index in [2.05, 4.69) is 20.4 Å². The Kier molecular flexibility index (Phi) is 23.5. The normalized spacial score (nSPS) is 19.9. The third kappa shape index (κ3) is 18.3. The van der Waals surface area contributed by atoms with Gasteiger partial charge in [0.1, 0.15) is 31.0 Å². The molecule has 5 rings (SSSR count). The van der Waals surface area contributed by atoms with Crippen LogP contribution in [-0.2, 0) is 73.9 Å². The SMILES string of the molecule is C=C[C@]1(OCC(COC(=O)CCCCCCC)OC(=O)CCCCCCC)OC(COCc2ccccc2)[C@H](OCc2ccccc2)[C@H](OCc2ccccc2)C1OCc1ccccc1. The number of carbonyl (C=O) groups is 2. The molecule has 0 aliphatic carbocycles. The van der Waals surface area contributed by atoms with Crippen LogP contribution in [0.4, 0.5) is 0 Å². The Morgan fingerprint density at radius 3 is 1.55 bits per heavy atom. The Balaban J connectivity index is 1.47. The number of ether oxygens (including phenoxy) is 8. The van der Waals surface area contributed by atoms with Crippen LogP contribution < -0.4 is 0 Å². The number of rotatable bonds is 32. The van der Waals surface area contributed by atoms with Crippen LogP contribution in [0.15, 0.2) is 134 Å². The van der Waals surface area contributed by atoms with Crippen LogP contribution in [0, 0.1) is 0 Å². The molecule has 1 fully saturated rings. The van der Waals surface area contributed by atoms with Crippen molar-refractivity contribution in [2.75, 3.05) is 19.8 Å². The van der Waals surface area contributed by atoms with Crippen molar-refractivity contribution < 1.29 is 47.5 Å². The highest BCUT2D eigenvalue weighted by Crippen LogP contribution is 2.39. The monoisotopic (exact) mass is 893 g/mol. The number of benzene rings is 4. The average molecular weight is 893 g/mol. The number of unbranched alkanes of at least 4 members (excludes halogenated alkanes) is 8. The van der Waals surface area contributed by atoms with E-state index in [-0.39, 0.29) is 64.4 Å². The molecule has 1 heterocycles. The molecule has 1 aliphatic rings. The molecule has 10 nitrogen and oxygen atoms in total. The Labute approximate surface area is 387 Å². The van der Waals surface area contributed by atoms with Gasteiger partial charge in [-0.3, -0.25) is 9.59 Å². The van der Waals surface area contributed by atoms with E-state index in [0.29, 0.717) is 13.0 Å². The van der Waals surface area contributed by atoms with E-state index in [4.69, 9.17) is 37.9 Å². The summed E-state index contributed by atoms with van der Waals surface area (Å²) in [7, 11) is 0. The largest absolute Gasteiger partial charge is 0.462 e. The Morgan fingerprint density at radius 1 is 0.585 bits per heavy atom. The second kappa shape index (κ2) is 29.8. The standard InChI is InChI=1S/C55H72O10/c1-4-7-9-11-25-35-50(56)59-41-48(64-51(57)36-26-12-10-8-5-2)42-63-55(6-3)54(62-40-47-33-23-16-24-34-47)53(61-39-46-31-21-15-22-32-46)52(60-38-45-29-19-14-20-30-45)49(65-55)43-58-37-44-27-17-13-18-28-44/h6,13-24,27-34,48-49,52-54H,3-5,7-12,25-26,35-43H2,1-2H3/t48?,49?,52-,53-,54?,55-/m0/s1. The molecule has 6 atom stereocenters. The third-order valence-corrected chi connectivity index (χ3v) is 11.4. The van der Waals surface area contributed by atoms with Crippen LogP contribution in [0.25, 0.3) is 0 Å². The molecular formula is C55H72O10. The van der Waals surface area contributed by atoms with E-state index in [1.807, 2.05) is 121 Å². The van der Waals surface area contributed by atoms with Crippen molar-refractivity contribution in [3.05, 3.63) is 156 Å². The summed E-state index contributed by atoms with van der Waals surface area (Å²) in [6, 6.07) is 39.6. The minimum absolute atomic E-state index is 0.107. The molecule has 4 aromatic carbocycles. The van der Waals surface area contributed by atoms with Crippen molar-refractivity contribution in [3.8, 4) is 0 Å². The molecule has 10 heteroatoms. The minimum atomic E-state index is -1.68. The number of hydrogen-bond acceptors (Lipinski definition) is 10. The van der Waals surface area contributed by atoms with Gasteiger partial charge < -0.3 is 37.9 Å². The minimum Gasteiger partial charge on any atom is -0.462 e. The van der Waals surface area contributed by atoms with Crippen LogP contribution in [0.3, 0.4) is 0 Å². The van der Waals surface area contributed by atoms with Gasteiger partial charge in [-0.25, -0.2) is 0 Å². The van der Waals surface area contributed by atoms with E-state index >= 15 is 0 Å². The molecule has 0 radical (unpaired) electrons. The quantitative estimate of drug-likeness (QED) is 0.0267. The summed E-state index contributed by atoms with van der Waals surface area (Å²) in [6.45, 7) is 9.34. The molecule has 0 bridgehead atoms. The van der Waals surface area contributed by atoms with Gasteiger partial charge in [-0.1, -0.05) is 193 Å². The summed E-state index contributed by atoms with van der Waals surface area (Å²) in [4.78, 5) is 26.4. The maximum atomic E-state index is 13.4. The van der Waals surface area contributed by atoms with Crippen molar-refractivity contribution >= 4 is 11.9 Å². The van der Waals surface area contributed by atoms with Crippen molar-refractivity contribution in [1.29, 1.82) is 0 Å².